The molecule has 1 fully saturated rings. The van der Waals surface area contributed by atoms with Crippen LogP contribution in [0.25, 0.3) is 0 Å². The van der Waals surface area contributed by atoms with Crippen LogP contribution in [0.1, 0.15) is 25.3 Å². The fourth-order valence-corrected chi connectivity index (χ4v) is 2.80. The molecule has 0 spiro atoms. The molecule has 8 nitrogen and oxygen atoms in total. The largest absolute Gasteiger partial charge is 0.484 e. The van der Waals surface area contributed by atoms with Gasteiger partial charge in [-0.1, -0.05) is 19.1 Å². The van der Waals surface area contributed by atoms with Gasteiger partial charge in [-0.2, -0.15) is 0 Å². The van der Waals surface area contributed by atoms with Crippen LogP contribution in [-0.2, 0) is 16.1 Å². The van der Waals surface area contributed by atoms with E-state index in [-0.39, 0.29) is 42.5 Å². The van der Waals surface area contributed by atoms with Crippen LogP contribution in [0.5, 0.6) is 5.75 Å². The zero-order chi connectivity index (χ0) is 18.9. The molecule has 0 saturated carbocycles. The standard InChI is InChI=1S/C18H27N5O3.HI/c1-3-17(25)23-8-7-14(11-23)22-18(20-2)21-10-13-5-4-6-15(9-13)26-12-16(19)24;/h4-6,9,14H,3,7-8,10-12H2,1-2H3,(H2,19,24)(H2,20,21,22);1H. The van der Waals surface area contributed by atoms with Gasteiger partial charge >= 0.3 is 0 Å². The van der Waals surface area contributed by atoms with Crippen molar-refractivity contribution >= 4 is 41.8 Å². The number of rotatable bonds is 7. The molecule has 27 heavy (non-hydrogen) atoms. The summed E-state index contributed by atoms with van der Waals surface area (Å²) < 4.78 is 5.31. The van der Waals surface area contributed by atoms with Crippen molar-refractivity contribution in [3.63, 3.8) is 0 Å². The maximum atomic E-state index is 11.8. The average molecular weight is 489 g/mol. The third kappa shape index (κ3) is 7.61. The molecular formula is C18H28IN5O3. The number of benzene rings is 1. The summed E-state index contributed by atoms with van der Waals surface area (Å²) in [7, 11) is 1.71. The van der Waals surface area contributed by atoms with Crippen molar-refractivity contribution in [1.29, 1.82) is 0 Å². The van der Waals surface area contributed by atoms with E-state index in [1.165, 1.54) is 0 Å². The molecule has 1 unspecified atom stereocenters. The van der Waals surface area contributed by atoms with E-state index in [4.69, 9.17) is 10.5 Å². The van der Waals surface area contributed by atoms with Gasteiger partial charge in [-0.25, -0.2) is 0 Å². The van der Waals surface area contributed by atoms with Crippen molar-refractivity contribution < 1.29 is 14.3 Å². The number of primary amides is 1. The minimum absolute atomic E-state index is 0. The molecule has 1 atom stereocenters. The number of carbonyl (C=O) groups excluding carboxylic acids is 2. The zero-order valence-electron chi connectivity index (χ0n) is 15.7. The molecule has 2 rings (SSSR count). The van der Waals surface area contributed by atoms with Crippen molar-refractivity contribution in [3.8, 4) is 5.75 Å². The van der Waals surface area contributed by atoms with Crippen molar-refractivity contribution in [3.05, 3.63) is 29.8 Å². The second-order valence-corrected chi connectivity index (χ2v) is 6.15. The highest BCUT2D eigenvalue weighted by Gasteiger charge is 2.25. The predicted octanol–water partition coefficient (Wildman–Crippen LogP) is 0.845. The summed E-state index contributed by atoms with van der Waals surface area (Å²) in [4.78, 5) is 28.7. The quantitative estimate of drug-likeness (QED) is 0.299. The van der Waals surface area contributed by atoms with Gasteiger partial charge in [0.1, 0.15) is 5.75 Å². The fourth-order valence-electron chi connectivity index (χ4n) is 2.80. The third-order valence-electron chi connectivity index (χ3n) is 4.15. The maximum absolute atomic E-state index is 11.8. The fraction of sp³-hybridized carbons (Fsp3) is 0.500. The van der Waals surface area contributed by atoms with Gasteiger partial charge in [0.05, 0.1) is 0 Å². The highest BCUT2D eigenvalue weighted by atomic mass is 127. The Morgan fingerprint density at radius 1 is 1.41 bits per heavy atom. The van der Waals surface area contributed by atoms with Crippen LogP contribution in [0.2, 0.25) is 0 Å². The minimum Gasteiger partial charge on any atom is -0.484 e. The van der Waals surface area contributed by atoms with Gasteiger partial charge in [-0.15, -0.1) is 24.0 Å². The Morgan fingerprint density at radius 3 is 2.85 bits per heavy atom. The molecule has 150 valence electrons. The molecule has 1 aliphatic rings. The van der Waals surface area contributed by atoms with E-state index in [1.807, 2.05) is 30.0 Å². The normalized spacial score (nSPS) is 16.4. The highest BCUT2D eigenvalue weighted by molar-refractivity contribution is 14.0. The number of nitrogens with one attached hydrogen (secondary N) is 2. The van der Waals surface area contributed by atoms with Gasteiger partial charge in [0.25, 0.3) is 5.91 Å². The third-order valence-corrected chi connectivity index (χ3v) is 4.15. The summed E-state index contributed by atoms with van der Waals surface area (Å²) in [6, 6.07) is 7.63. The van der Waals surface area contributed by atoms with Gasteiger partial charge in [0, 0.05) is 39.1 Å². The molecule has 9 heteroatoms. The summed E-state index contributed by atoms with van der Waals surface area (Å²) in [5.74, 6) is 0.954. The van der Waals surface area contributed by atoms with Gasteiger partial charge < -0.3 is 26.0 Å². The highest BCUT2D eigenvalue weighted by Crippen LogP contribution is 2.13. The molecule has 2 amide bonds. The maximum Gasteiger partial charge on any atom is 0.255 e. The summed E-state index contributed by atoms with van der Waals surface area (Å²) in [6.45, 7) is 3.77. The first-order valence-corrected chi connectivity index (χ1v) is 8.76. The van der Waals surface area contributed by atoms with Crippen LogP contribution < -0.4 is 21.1 Å². The van der Waals surface area contributed by atoms with E-state index in [0.717, 1.165) is 18.5 Å². The van der Waals surface area contributed by atoms with E-state index >= 15 is 0 Å². The lowest BCUT2D eigenvalue weighted by molar-refractivity contribution is -0.129. The number of guanidine groups is 1. The second kappa shape index (κ2) is 11.6. The second-order valence-electron chi connectivity index (χ2n) is 6.15. The minimum atomic E-state index is -0.509. The van der Waals surface area contributed by atoms with Crippen molar-refractivity contribution in [2.75, 3.05) is 26.7 Å². The number of aliphatic imine (C=N–C) groups is 1. The molecule has 1 aromatic rings. The monoisotopic (exact) mass is 489 g/mol. The number of amides is 2. The number of likely N-dealkylation sites (tertiary alicyclic amines) is 1. The number of hydrogen-bond acceptors (Lipinski definition) is 4. The Balaban J connectivity index is 0.00000364. The smallest absolute Gasteiger partial charge is 0.255 e. The van der Waals surface area contributed by atoms with Gasteiger partial charge in [0.2, 0.25) is 5.91 Å². The van der Waals surface area contributed by atoms with Gasteiger partial charge in [-0.05, 0) is 24.1 Å². The molecule has 0 aromatic heterocycles. The summed E-state index contributed by atoms with van der Waals surface area (Å²) in [5.41, 5.74) is 6.07. The Labute approximate surface area is 176 Å². The molecular weight excluding hydrogens is 461 g/mol. The Morgan fingerprint density at radius 2 is 2.19 bits per heavy atom. The number of halogens is 1. The first-order chi connectivity index (χ1) is 12.5. The van der Waals surface area contributed by atoms with Crippen LogP contribution in [0.15, 0.2) is 29.3 Å². The van der Waals surface area contributed by atoms with Gasteiger partial charge in [0.15, 0.2) is 12.6 Å². The average Bonchev–Trinajstić information content (AvgIpc) is 3.11. The zero-order valence-corrected chi connectivity index (χ0v) is 18.1. The lowest BCUT2D eigenvalue weighted by Crippen LogP contribution is -2.44. The number of nitrogens with two attached hydrogens (primary N) is 1. The molecule has 4 N–H and O–H groups in total. The number of hydrogen-bond donors (Lipinski definition) is 3. The first-order valence-electron chi connectivity index (χ1n) is 8.76. The van der Waals surface area contributed by atoms with Gasteiger partial charge in [-0.3, -0.25) is 14.6 Å². The Bertz CT molecular complexity index is 668. The van der Waals surface area contributed by atoms with Crippen LogP contribution >= 0.6 is 24.0 Å². The Hall–Kier alpha value is -2.04. The first kappa shape index (κ1) is 23.0. The summed E-state index contributed by atoms with van der Waals surface area (Å²) >= 11 is 0. The van der Waals surface area contributed by atoms with E-state index < -0.39 is 5.91 Å². The van der Waals surface area contributed by atoms with Crippen LogP contribution in [-0.4, -0.2) is 55.5 Å². The van der Waals surface area contributed by atoms with E-state index in [1.54, 1.807) is 13.1 Å². The Kier molecular flexibility index (Phi) is 9.90. The molecule has 0 aliphatic carbocycles. The molecule has 1 saturated heterocycles. The molecule has 1 heterocycles. The van der Waals surface area contributed by atoms with Crippen LogP contribution in [0.4, 0.5) is 0 Å². The molecule has 1 aliphatic heterocycles. The number of nitrogens with zero attached hydrogens (tertiary/aromatic N) is 2. The summed E-state index contributed by atoms with van der Waals surface area (Å²) in [6.07, 6.45) is 1.44. The van der Waals surface area contributed by atoms with Crippen molar-refractivity contribution in [2.45, 2.75) is 32.4 Å². The van der Waals surface area contributed by atoms with Crippen molar-refractivity contribution in [1.82, 2.24) is 15.5 Å². The van der Waals surface area contributed by atoms with E-state index in [9.17, 15) is 9.59 Å². The topological polar surface area (TPSA) is 109 Å². The molecule has 1 aromatic carbocycles. The number of ether oxygens (including phenoxy) is 1. The van der Waals surface area contributed by atoms with Crippen molar-refractivity contribution in [2.24, 2.45) is 10.7 Å². The van der Waals surface area contributed by atoms with Crippen LogP contribution in [0, 0.1) is 0 Å². The van der Waals surface area contributed by atoms with Crippen LogP contribution in [0.3, 0.4) is 0 Å². The number of carbonyl (C=O) groups is 2. The SMILES string of the molecule is CCC(=O)N1CCC(NC(=NC)NCc2cccc(OCC(N)=O)c2)C1.I. The van der Waals surface area contributed by atoms with E-state index in [2.05, 4.69) is 15.6 Å². The van der Waals surface area contributed by atoms with E-state index in [0.29, 0.717) is 31.2 Å². The lowest BCUT2D eigenvalue weighted by atomic mass is 10.2. The molecule has 0 bridgehead atoms. The summed E-state index contributed by atoms with van der Waals surface area (Å²) in [5, 5.41) is 6.60. The molecule has 0 radical (unpaired) electrons. The predicted molar refractivity (Wildman–Crippen MR) is 115 cm³/mol. The lowest BCUT2D eigenvalue weighted by Gasteiger charge is -2.19.